The summed E-state index contributed by atoms with van der Waals surface area (Å²) in [5, 5.41) is 13.6. The van der Waals surface area contributed by atoms with Crippen LogP contribution >= 0.6 is 11.8 Å². The highest BCUT2D eigenvalue weighted by Crippen LogP contribution is 2.48. The molecule has 0 aliphatic carbocycles. The topological polar surface area (TPSA) is 149 Å². The van der Waals surface area contributed by atoms with Crippen LogP contribution in [0.2, 0.25) is 36.3 Å². The quantitative estimate of drug-likeness (QED) is 0.201. The van der Waals surface area contributed by atoms with Crippen LogP contribution < -0.4 is 19.5 Å². The maximum atomic E-state index is 14.1. The SMILES string of the molecule is CCCc1c(O[Si](C)(C)C(C)(C)C)cc(O[Si](C)(C)C(C)(C)C)c2c1C(=O)OCCC(=O)N[C@H](C(=O)OC)CSC2NC(=O)O. The van der Waals surface area contributed by atoms with Gasteiger partial charge in [-0.15, -0.1) is 11.8 Å². The highest BCUT2D eigenvalue weighted by Gasteiger charge is 2.44. The van der Waals surface area contributed by atoms with Crippen molar-refractivity contribution in [3.05, 3.63) is 22.8 Å². The van der Waals surface area contributed by atoms with E-state index in [1.54, 1.807) is 6.07 Å². The number of hydrogen-bond donors (Lipinski definition) is 3. The molecule has 0 bridgehead atoms. The Labute approximate surface area is 274 Å². The lowest BCUT2D eigenvalue weighted by atomic mass is 9.95. The maximum Gasteiger partial charge on any atom is 0.405 e. The zero-order valence-corrected chi connectivity index (χ0v) is 31.7. The van der Waals surface area contributed by atoms with Crippen molar-refractivity contribution in [2.45, 2.75) is 115 Å². The molecule has 0 saturated heterocycles. The first-order chi connectivity index (χ1) is 20.6. The van der Waals surface area contributed by atoms with Crippen LogP contribution in [0.25, 0.3) is 0 Å². The number of carbonyl (C=O) groups is 4. The zero-order valence-electron chi connectivity index (χ0n) is 28.9. The highest BCUT2D eigenvalue weighted by molar-refractivity contribution is 7.99. The van der Waals surface area contributed by atoms with Gasteiger partial charge in [0.05, 0.1) is 19.1 Å². The first-order valence-electron chi connectivity index (χ1n) is 15.3. The van der Waals surface area contributed by atoms with Gasteiger partial charge in [0.1, 0.15) is 29.5 Å². The van der Waals surface area contributed by atoms with E-state index in [1.165, 1.54) is 7.11 Å². The van der Waals surface area contributed by atoms with Crippen LogP contribution in [0, 0.1) is 0 Å². The molecule has 0 aromatic heterocycles. The zero-order chi connectivity index (χ0) is 34.5. The fourth-order valence-electron chi connectivity index (χ4n) is 4.10. The number of methoxy groups -OCH3 is 1. The Morgan fingerprint density at radius 3 is 2.09 bits per heavy atom. The standard InChI is InChI=1S/C31H52N2O9SSi2/c1-13-14-19-21(41-44(9,10)30(2,3)4)17-22(42-45(11,12)31(5,6)7)25-24(19)28(36)40-16-15-23(34)32-20(27(35)39-8)18-43-26(25)33-29(37)38/h17,20,26,33H,13-16,18H2,1-12H3,(H,32,34)(H,37,38)/t20-,26?/m0/s1. The molecular formula is C31H52N2O9SSi2. The number of amides is 2. The first-order valence-corrected chi connectivity index (χ1v) is 22.2. The van der Waals surface area contributed by atoms with E-state index in [0.717, 1.165) is 11.8 Å². The number of ether oxygens (including phenoxy) is 2. The molecule has 11 nitrogen and oxygen atoms in total. The van der Waals surface area contributed by atoms with Crippen molar-refractivity contribution in [2.75, 3.05) is 19.5 Å². The Balaban J connectivity index is 3.07. The van der Waals surface area contributed by atoms with E-state index in [-0.39, 0.29) is 34.4 Å². The summed E-state index contributed by atoms with van der Waals surface area (Å²) in [6, 6.07) is 0.742. The molecule has 1 aliphatic rings. The average molecular weight is 685 g/mol. The lowest BCUT2D eigenvalue weighted by Crippen LogP contribution is -2.46. The van der Waals surface area contributed by atoms with Gasteiger partial charge in [0.15, 0.2) is 0 Å². The molecule has 0 spiro atoms. The second-order valence-electron chi connectivity index (χ2n) is 14.3. The average Bonchev–Trinajstić information content (AvgIpc) is 2.88. The summed E-state index contributed by atoms with van der Waals surface area (Å²) in [5.74, 6) is -1.10. The van der Waals surface area contributed by atoms with E-state index < -0.39 is 52.0 Å². The molecule has 1 aliphatic heterocycles. The molecule has 0 saturated carbocycles. The summed E-state index contributed by atoms with van der Waals surface area (Å²) in [7, 11) is -3.81. The Bertz CT molecular complexity index is 1270. The fourth-order valence-corrected chi connectivity index (χ4v) is 7.36. The minimum Gasteiger partial charge on any atom is -0.543 e. The lowest BCUT2D eigenvalue weighted by molar-refractivity contribution is -0.144. The summed E-state index contributed by atoms with van der Waals surface area (Å²) in [4.78, 5) is 51.6. The third kappa shape index (κ3) is 9.64. The minimum absolute atomic E-state index is 0.0390. The minimum atomic E-state index is -2.58. The van der Waals surface area contributed by atoms with Crippen LogP contribution in [0.1, 0.15) is 88.2 Å². The number of cyclic esters (lactones) is 1. The number of carboxylic acid groups (broad SMARTS) is 1. The van der Waals surface area contributed by atoms with E-state index in [1.807, 2.05) is 6.92 Å². The Hall–Kier alpha value is -2.72. The second kappa shape index (κ2) is 14.8. The van der Waals surface area contributed by atoms with Gasteiger partial charge in [-0.25, -0.2) is 14.4 Å². The van der Waals surface area contributed by atoms with Gasteiger partial charge in [-0.2, -0.15) is 0 Å². The van der Waals surface area contributed by atoms with Crippen molar-refractivity contribution in [1.82, 2.24) is 10.6 Å². The number of carbonyl (C=O) groups excluding carboxylic acids is 3. The highest BCUT2D eigenvalue weighted by atomic mass is 32.2. The largest absolute Gasteiger partial charge is 0.543 e. The van der Waals surface area contributed by atoms with E-state index in [4.69, 9.17) is 18.3 Å². The van der Waals surface area contributed by atoms with Crippen LogP contribution in [-0.2, 0) is 25.5 Å². The molecule has 1 unspecified atom stereocenters. The van der Waals surface area contributed by atoms with Crippen LogP contribution in [0.5, 0.6) is 11.5 Å². The summed E-state index contributed by atoms with van der Waals surface area (Å²) >= 11 is 1.05. The molecule has 254 valence electrons. The van der Waals surface area contributed by atoms with Crippen molar-refractivity contribution < 1.29 is 42.6 Å². The van der Waals surface area contributed by atoms with Gasteiger partial charge in [-0.3, -0.25) is 4.79 Å². The molecule has 0 fully saturated rings. The monoisotopic (exact) mass is 684 g/mol. The van der Waals surface area contributed by atoms with Crippen molar-refractivity contribution in [3.8, 4) is 11.5 Å². The second-order valence-corrected chi connectivity index (χ2v) is 24.9. The predicted octanol–water partition coefficient (Wildman–Crippen LogP) is 6.62. The molecular weight excluding hydrogens is 633 g/mol. The van der Waals surface area contributed by atoms with Gasteiger partial charge >= 0.3 is 18.0 Å². The lowest BCUT2D eigenvalue weighted by Gasteiger charge is -2.40. The molecule has 45 heavy (non-hydrogen) atoms. The number of rotatable bonds is 8. The number of nitrogens with one attached hydrogen (secondary N) is 2. The molecule has 2 amide bonds. The predicted molar refractivity (Wildman–Crippen MR) is 181 cm³/mol. The number of esters is 2. The Morgan fingerprint density at radius 2 is 1.60 bits per heavy atom. The van der Waals surface area contributed by atoms with Crippen molar-refractivity contribution in [3.63, 3.8) is 0 Å². The van der Waals surface area contributed by atoms with Crippen LogP contribution in [0.3, 0.4) is 0 Å². The summed E-state index contributed by atoms with van der Waals surface area (Å²) in [6.45, 7) is 22.7. The molecule has 1 aromatic rings. The third-order valence-electron chi connectivity index (χ3n) is 8.77. The van der Waals surface area contributed by atoms with E-state index in [2.05, 4.69) is 78.4 Å². The molecule has 0 radical (unpaired) electrons. The van der Waals surface area contributed by atoms with Gasteiger partial charge in [-0.1, -0.05) is 54.9 Å². The van der Waals surface area contributed by atoms with Gasteiger partial charge in [0, 0.05) is 22.9 Å². The number of fused-ring (bicyclic) bond motifs is 1. The van der Waals surface area contributed by atoms with Crippen molar-refractivity contribution in [1.29, 1.82) is 0 Å². The summed E-state index contributed by atoms with van der Waals surface area (Å²) in [5.41, 5.74) is 1.05. The molecule has 14 heteroatoms. The molecule has 1 heterocycles. The van der Waals surface area contributed by atoms with Crippen molar-refractivity contribution in [2.24, 2.45) is 0 Å². The fraction of sp³-hybridized carbons (Fsp3) is 0.677. The van der Waals surface area contributed by atoms with E-state index >= 15 is 0 Å². The molecule has 3 N–H and O–H groups in total. The molecule has 1 aromatic carbocycles. The van der Waals surface area contributed by atoms with Crippen molar-refractivity contribution >= 4 is 52.3 Å². The van der Waals surface area contributed by atoms with Crippen LogP contribution in [-0.4, -0.2) is 71.2 Å². The third-order valence-corrected chi connectivity index (χ3v) is 18.7. The summed E-state index contributed by atoms with van der Waals surface area (Å²) in [6.07, 6.45) is -0.411. The number of hydrogen-bond acceptors (Lipinski definition) is 9. The van der Waals surface area contributed by atoms with Crippen LogP contribution in [0.4, 0.5) is 4.79 Å². The van der Waals surface area contributed by atoms with Crippen LogP contribution in [0.15, 0.2) is 6.07 Å². The Kier molecular flexibility index (Phi) is 12.6. The maximum absolute atomic E-state index is 14.1. The van der Waals surface area contributed by atoms with E-state index in [0.29, 0.717) is 35.5 Å². The Morgan fingerprint density at radius 1 is 1.04 bits per heavy atom. The summed E-state index contributed by atoms with van der Waals surface area (Å²) < 4.78 is 24.4. The van der Waals surface area contributed by atoms with Gasteiger partial charge in [-0.05, 0) is 42.7 Å². The number of benzene rings is 1. The first kappa shape index (κ1) is 38.5. The number of thioether (sulfide) groups is 1. The molecule has 2 atom stereocenters. The normalized spacial score (nSPS) is 18.8. The van der Waals surface area contributed by atoms with Gasteiger partial charge in [0.2, 0.25) is 22.5 Å². The smallest absolute Gasteiger partial charge is 0.405 e. The molecule has 2 rings (SSSR count). The van der Waals surface area contributed by atoms with Gasteiger partial charge < -0.3 is 34.1 Å². The van der Waals surface area contributed by atoms with E-state index in [9.17, 15) is 24.3 Å². The van der Waals surface area contributed by atoms with Gasteiger partial charge in [0.25, 0.3) is 0 Å².